The third-order valence-corrected chi connectivity index (χ3v) is 2.68. The molecule has 0 aromatic heterocycles. The second-order valence-corrected chi connectivity index (χ2v) is 4.47. The van der Waals surface area contributed by atoms with Crippen molar-refractivity contribution in [2.45, 2.75) is 6.42 Å². The average Bonchev–Trinajstić information content (AvgIpc) is 2.45. The molecule has 0 fully saturated rings. The number of benzene rings is 1. The number of ether oxygens (including phenoxy) is 2. The van der Waals surface area contributed by atoms with Gasteiger partial charge in [0.1, 0.15) is 0 Å². The van der Waals surface area contributed by atoms with Crippen LogP contribution in [-0.4, -0.2) is 49.7 Å². The molecule has 1 aromatic rings. The molecule has 1 rings (SSSR count). The maximum Gasteiger partial charge on any atom is 0.328 e. The molecule has 1 amide bonds. The lowest BCUT2D eigenvalue weighted by atomic mass is 10.2. The van der Waals surface area contributed by atoms with Crippen LogP contribution in [0.4, 0.5) is 0 Å². The molecule has 0 atom stereocenters. The Morgan fingerprint density at radius 2 is 2.00 bits per heavy atom. The van der Waals surface area contributed by atoms with Crippen LogP contribution in [0.2, 0.25) is 0 Å². The zero-order valence-electron chi connectivity index (χ0n) is 12.3. The Morgan fingerprint density at radius 1 is 1.29 bits per heavy atom. The normalized spacial score (nSPS) is 10.4. The summed E-state index contributed by atoms with van der Waals surface area (Å²) in [5, 5.41) is 8.61. The zero-order chi connectivity index (χ0) is 15.8. The number of carbonyl (C=O) groups is 2. The Balaban J connectivity index is 2.76. The molecule has 0 aliphatic heterocycles. The first kappa shape index (κ1) is 16.6. The van der Waals surface area contributed by atoms with Gasteiger partial charge in [-0.2, -0.15) is 0 Å². The van der Waals surface area contributed by atoms with Gasteiger partial charge in [0, 0.05) is 20.2 Å². The van der Waals surface area contributed by atoms with Crippen LogP contribution < -0.4 is 9.47 Å². The summed E-state index contributed by atoms with van der Waals surface area (Å²) in [6.07, 6.45) is 2.76. The largest absolute Gasteiger partial charge is 0.493 e. The van der Waals surface area contributed by atoms with Crippen molar-refractivity contribution >= 4 is 18.0 Å². The van der Waals surface area contributed by atoms with Crippen molar-refractivity contribution in [3.05, 3.63) is 29.8 Å². The minimum atomic E-state index is -1.02. The summed E-state index contributed by atoms with van der Waals surface area (Å²) in [5.74, 6) is -0.0582. The van der Waals surface area contributed by atoms with Gasteiger partial charge in [0.05, 0.1) is 20.1 Å². The summed E-state index contributed by atoms with van der Waals surface area (Å²) in [6, 6.07) is 5.07. The Morgan fingerprint density at radius 3 is 2.57 bits per heavy atom. The average molecular weight is 293 g/mol. The van der Waals surface area contributed by atoms with Gasteiger partial charge in [-0.3, -0.25) is 4.79 Å². The molecule has 0 aliphatic rings. The van der Waals surface area contributed by atoms with Crippen LogP contribution in [0.3, 0.4) is 0 Å². The molecule has 6 heteroatoms. The van der Waals surface area contributed by atoms with E-state index in [9.17, 15) is 9.59 Å². The van der Waals surface area contributed by atoms with E-state index in [0.717, 1.165) is 6.08 Å². The number of rotatable bonds is 7. The van der Waals surface area contributed by atoms with E-state index >= 15 is 0 Å². The second-order valence-electron chi connectivity index (χ2n) is 4.47. The van der Waals surface area contributed by atoms with E-state index in [2.05, 4.69) is 0 Å². The van der Waals surface area contributed by atoms with Crippen molar-refractivity contribution in [1.82, 2.24) is 4.90 Å². The molecule has 6 nitrogen and oxygen atoms in total. The van der Waals surface area contributed by atoms with E-state index in [1.54, 1.807) is 32.3 Å². The molecule has 21 heavy (non-hydrogen) atoms. The third kappa shape index (κ3) is 5.56. The van der Waals surface area contributed by atoms with Crippen LogP contribution in [0.1, 0.15) is 12.0 Å². The highest BCUT2D eigenvalue weighted by Crippen LogP contribution is 2.28. The Labute approximate surface area is 123 Å². The standard InChI is InChI=1S/C15H19NO5/c1-16(2)14(17)8-9-21-13-10-11(5-7-15(18)19)4-6-12(13)20-3/h4-7,10H,8-9H2,1-3H3,(H,18,19)/b7-5+. The first-order chi connectivity index (χ1) is 9.93. The molecule has 0 aliphatic carbocycles. The fourth-order valence-electron chi connectivity index (χ4n) is 1.55. The van der Waals surface area contributed by atoms with Crippen LogP contribution in [0.15, 0.2) is 24.3 Å². The van der Waals surface area contributed by atoms with Crippen LogP contribution in [0.5, 0.6) is 11.5 Å². The number of amides is 1. The first-order valence-electron chi connectivity index (χ1n) is 6.36. The monoisotopic (exact) mass is 293 g/mol. The van der Waals surface area contributed by atoms with Gasteiger partial charge in [-0.15, -0.1) is 0 Å². The number of hydrogen-bond donors (Lipinski definition) is 1. The highest BCUT2D eigenvalue weighted by Gasteiger charge is 2.08. The molecule has 0 spiro atoms. The topological polar surface area (TPSA) is 76.1 Å². The molecule has 1 N–H and O–H groups in total. The van der Waals surface area contributed by atoms with Crippen LogP contribution in [0, 0.1) is 0 Å². The molecule has 0 saturated carbocycles. The molecular formula is C15H19NO5. The minimum absolute atomic E-state index is 0.0316. The fraction of sp³-hybridized carbons (Fsp3) is 0.333. The summed E-state index contributed by atoms with van der Waals surface area (Å²) in [6.45, 7) is 0.222. The summed E-state index contributed by atoms with van der Waals surface area (Å²) in [5.41, 5.74) is 0.673. The SMILES string of the molecule is COc1ccc(/C=C/C(=O)O)cc1OCCC(=O)N(C)C. The number of carboxylic acid groups (broad SMARTS) is 1. The second kappa shape index (κ2) is 7.94. The van der Waals surface area contributed by atoms with Crippen molar-refractivity contribution in [1.29, 1.82) is 0 Å². The Bertz CT molecular complexity index is 537. The van der Waals surface area contributed by atoms with E-state index in [0.29, 0.717) is 17.1 Å². The predicted molar refractivity (Wildman–Crippen MR) is 78.5 cm³/mol. The maximum atomic E-state index is 11.5. The van der Waals surface area contributed by atoms with E-state index in [1.807, 2.05) is 0 Å². The van der Waals surface area contributed by atoms with Crippen LogP contribution in [-0.2, 0) is 9.59 Å². The predicted octanol–water partition coefficient (Wildman–Crippen LogP) is 1.65. The van der Waals surface area contributed by atoms with Gasteiger partial charge in [-0.1, -0.05) is 6.07 Å². The number of nitrogens with zero attached hydrogens (tertiary/aromatic N) is 1. The number of methoxy groups -OCH3 is 1. The van der Waals surface area contributed by atoms with E-state index < -0.39 is 5.97 Å². The zero-order valence-corrected chi connectivity index (χ0v) is 12.3. The Hall–Kier alpha value is -2.50. The van der Waals surface area contributed by atoms with Crippen molar-refractivity contribution in [2.24, 2.45) is 0 Å². The van der Waals surface area contributed by atoms with Crippen molar-refractivity contribution in [3.8, 4) is 11.5 Å². The molecule has 0 heterocycles. The van der Waals surface area contributed by atoms with Crippen molar-refractivity contribution < 1.29 is 24.2 Å². The lowest BCUT2D eigenvalue weighted by Crippen LogP contribution is -2.23. The van der Waals surface area contributed by atoms with E-state index in [4.69, 9.17) is 14.6 Å². The fourth-order valence-corrected chi connectivity index (χ4v) is 1.55. The molecule has 1 aromatic carbocycles. The number of carboxylic acids is 1. The highest BCUT2D eigenvalue weighted by molar-refractivity contribution is 5.85. The molecule has 0 unspecified atom stereocenters. The molecule has 114 valence electrons. The molecule has 0 radical (unpaired) electrons. The lowest BCUT2D eigenvalue weighted by molar-refractivity contribution is -0.131. The van der Waals surface area contributed by atoms with Gasteiger partial charge < -0.3 is 19.5 Å². The first-order valence-corrected chi connectivity index (χ1v) is 6.36. The Kier molecular flexibility index (Phi) is 6.26. The van der Waals surface area contributed by atoms with Gasteiger partial charge in [-0.25, -0.2) is 4.79 Å². The van der Waals surface area contributed by atoms with Crippen LogP contribution >= 0.6 is 0 Å². The van der Waals surface area contributed by atoms with Crippen molar-refractivity contribution in [3.63, 3.8) is 0 Å². The smallest absolute Gasteiger partial charge is 0.328 e. The van der Waals surface area contributed by atoms with E-state index in [1.165, 1.54) is 18.1 Å². The van der Waals surface area contributed by atoms with Crippen LogP contribution in [0.25, 0.3) is 6.08 Å². The summed E-state index contributed by atoms with van der Waals surface area (Å²) >= 11 is 0. The molecule has 0 saturated heterocycles. The van der Waals surface area contributed by atoms with Gasteiger partial charge in [-0.05, 0) is 23.8 Å². The molecular weight excluding hydrogens is 274 g/mol. The lowest BCUT2D eigenvalue weighted by Gasteiger charge is -2.13. The van der Waals surface area contributed by atoms with Gasteiger partial charge in [0.25, 0.3) is 0 Å². The van der Waals surface area contributed by atoms with E-state index in [-0.39, 0.29) is 18.9 Å². The summed E-state index contributed by atoms with van der Waals surface area (Å²) < 4.78 is 10.7. The van der Waals surface area contributed by atoms with Gasteiger partial charge >= 0.3 is 5.97 Å². The third-order valence-electron chi connectivity index (χ3n) is 2.68. The van der Waals surface area contributed by atoms with Gasteiger partial charge in [0.2, 0.25) is 5.91 Å². The van der Waals surface area contributed by atoms with Crippen molar-refractivity contribution in [2.75, 3.05) is 27.8 Å². The summed E-state index contributed by atoms with van der Waals surface area (Å²) in [4.78, 5) is 23.5. The minimum Gasteiger partial charge on any atom is -0.493 e. The quantitative estimate of drug-likeness (QED) is 0.774. The number of hydrogen-bond acceptors (Lipinski definition) is 4. The summed E-state index contributed by atoms with van der Waals surface area (Å²) in [7, 11) is 4.88. The highest BCUT2D eigenvalue weighted by atomic mass is 16.5. The number of aliphatic carboxylic acids is 1. The number of carbonyl (C=O) groups excluding carboxylic acids is 1. The maximum absolute atomic E-state index is 11.5. The van der Waals surface area contributed by atoms with Gasteiger partial charge in [0.15, 0.2) is 11.5 Å². The molecule has 0 bridgehead atoms.